The highest BCUT2D eigenvalue weighted by molar-refractivity contribution is 5.76. The molecule has 2 atom stereocenters. The zero-order chi connectivity index (χ0) is 11.6. The number of nitriles is 1. The molecule has 82 valence electrons. The standard InChI is InChI=1S/C11H15NO3/c1-4-15-7(6-12)5-8-9(10(13)14)11(8,2)3/h5,8-9H,4H2,1-3H3,(H,13,14)/b7-5+/t8-,9+/m1/s1. The van der Waals surface area contributed by atoms with Crippen LogP contribution in [0.1, 0.15) is 20.8 Å². The molecule has 0 unspecified atom stereocenters. The van der Waals surface area contributed by atoms with Crippen molar-refractivity contribution in [2.75, 3.05) is 6.61 Å². The second kappa shape index (κ2) is 3.93. The number of rotatable bonds is 4. The van der Waals surface area contributed by atoms with Crippen LogP contribution >= 0.6 is 0 Å². The van der Waals surface area contributed by atoms with Crippen LogP contribution in [0.25, 0.3) is 0 Å². The van der Waals surface area contributed by atoms with Crippen molar-refractivity contribution in [3.05, 3.63) is 11.8 Å². The maximum Gasteiger partial charge on any atom is 0.307 e. The minimum absolute atomic E-state index is 0.101. The first-order valence-electron chi connectivity index (χ1n) is 4.92. The molecule has 0 heterocycles. The Balaban J connectivity index is 2.76. The van der Waals surface area contributed by atoms with Crippen molar-refractivity contribution in [1.29, 1.82) is 5.26 Å². The Morgan fingerprint density at radius 2 is 2.27 bits per heavy atom. The third-order valence-corrected chi connectivity index (χ3v) is 2.92. The van der Waals surface area contributed by atoms with E-state index >= 15 is 0 Å². The summed E-state index contributed by atoms with van der Waals surface area (Å²) in [5.41, 5.74) is -0.273. The Bertz CT molecular complexity index is 338. The Kier molecular flexibility index (Phi) is 3.04. The monoisotopic (exact) mass is 209 g/mol. The second-order valence-electron chi connectivity index (χ2n) is 4.24. The van der Waals surface area contributed by atoms with Gasteiger partial charge >= 0.3 is 5.97 Å². The Hall–Kier alpha value is -1.50. The summed E-state index contributed by atoms with van der Waals surface area (Å²) in [4.78, 5) is 10.9. The first kappa shape index (κ1) is 11.6. The molecule has 1 fully saturated rings. The fourth-order valence-electron chi connectivity index (χ4n) is 1.90. The van der Waals surface area contributed by atoms with Crippen molar-refractivity contribution in [1.82, 2.24) is 0 Å². The fourth-order valence-corrected chi connectivity index (χ4v) is 1.90. The summed E-state index contributed by atoms with van der Waals surface area (Å²) in [5, 5.41) is 17.7. The summed E-state index contributed by atoms with van der Waals surface area (Å²) >= 11 is 0. The topological polar surface area (TPSA) is 70.3 Å². The molecule has 0 aromatic carbocycles. The van der Waals surface area contributed by atoms with Gasteiger partial charge in [0.05, 0.1) is 12.5 Å². The fraction of sp³-hybridized carbons (Fsp3) is 0.636. The largest absolute Gasteiger partial charge is 0.484 e. The Labute approximate surface area is 89.2 Å². The number of hydrogen-bond acceptors (Lipinski definition) is 3. The predicted molar refractivity (Wildman–Crippen MR) is 53.7 cm³/mol. The van der Waals surface area contributed by atoms with Crippen LogP contribution in [-0.4, -0.2) is 17.7 Å². The minimum atomic E-state index is -0.810. The molecule has 0 aromatic heterocycles. The molecule has 1 N–H and O–H groups in total. The maximum atomic E-state index is 10.9. The third kappa shape index (κ3) is 2.12. The van der Waals surface area contributed by atoms with E-state index in [1.165, 1.54) is 0 Å². The van der Waals surface area contributed by atoms with E-state index in [9.17, 15) is 4.79 Å². The average Bonchev–Trinajstić information content (AvgIpc) is 2.67. The van der Waals surface area contributed by atoms with Gasteiger partial charge in [0.15, 0.2) is 5.76 Å². The van der Waals surface area contributed by atoms with E-state index in [0.29, 0.717) is 6.61 Å². The molecule has 1 rings (SSSR count). The number of carboxylic acid groups (broad SMARTS) is 1. The maximum absolute atomic E-state index is 10.9. The van der Waals surface area contributed by atoms with E-state index < -0.39 is 11.9 Å². The summed E-state index contributed by atoms with van der Waals surface area (Å²) in [6.45, 7) is 5.98. The molecule has 15 heavy (non-hydrogen) atoms. The van der Waals surface area contributed by atoms with Gasteiger partial charge in [-0.3, -0.25) is 4.79 Å². The van der Waals surface area contributed by atoms with Gasteiger partial charge in [0.25, 0.3) is 0 Å². The van der Waals surface area contributed by atoms with Crippen LogP contribution < -0.4 is 0 Å². The summed E-state index contributed by atoms with van der Waals surface area (Å²) < 4.78 is 5.07. The molecule has 0 radical (unpaired) electrons. The number of ether oxygens (including phenoxy) is 1. The van der Waals surface area contributed by atoms with Crippen LogP contribution in [-0.2, 0) is 9.53 Å². The van der Waals surface area contributed by atoms with Gasteiger partial charge in [0.1, 0.15) is 6.07 Å². The van der Waals surface area contributed by atoms with Crippen LogP contribution in [0.5, 0.6) is 0 Å². The molecule has 0 aromatic rings. The summed E-state index contributed by atoms with van der Waals surface area (Å²) in [6.07, 6.45) is 1.63. The summed E-state index contributed by atoms with van der Waals surface area (Å²) in [5.74, 6) is -1.09. The molecule has 0 bridgehead atoms. The quantitative estimate of drug-likeness (QED) is 0.566. The normalized spacial score (nSPS) is 28.0. The van der Waals surface area contributed by atoms with Crippen molar-refractivity contribution in [2.45, 2.75) is 20.8 Å². The van der Waals surface area contributed by atoms with Crippen molar-refractivity contribution >= 4 is 5.97 Å². The number of aliphatic carboxylic acids is 1. The van der Waals surface area contributed by atoms with E-state index in [-0.39, 0.29) is 17.1 Å². The first-order valence-corrected chi connectivity index (χ1v) is 4.92. The molecule has 1 aliphatic rings. The zero-order valence-electron chi connectivity index (χ0n) is 9.15. The Morgan fingerprint density at radius 3 is 2.60 bits per heavy atom. The molecule has 4 heteroatoms. The number of carboxylic acids is 1. The zero-order valence-corrected chi connectivity index (χ0v) is 9.15. The molecule has 0 aliphatic heterocycles. The molecule has 1 aliphatic carbocycles. The van der Waals surface area contributed by atoms with E-state index in [2.05, 4.69) is 0 Å². The van der Waals surface area contributed by atoms with Gasteiger partial charge in [-0.2, -0.15) is 5.26 Å². The lowest BCUT2D eigenvalue weighted by Crippen LogP contribution is -2.03. The first-order chi connectivity index (χ1) is 6.95. The Morgan fingerprint density at radius 1 is 1.67 bits per heavy atom. The van der Waals surface area contributed by atoms with Crippen molar-refractivity contribution in [3.8, 4) is 6.07 Å². The van der Waals surface area contributed by atoms with E-state index in [1.54, 1.807) is 13.0 Å². The van der Waals surface area contributed by atoms with Gasteiger partial charge in [-0.25, -0.2) is 0 Å². The molecule has 4 nitrogen and oxygen atoms in total. The third-order valence-electron chi connectivity index (χ3n) is 2.92. The average molecular weight is 209 g/mol. The summed E-state index contributed by atoms with van der Waals surface area (Å²) in [7, 11) is 0. The molecule has 0 spiro atoms. The van der Waals surface area contributed by atoms with Gasteiger partial charge in [0.2, 0.25) is 0 Å². The number of nitrogens with zero attached hydrogens (tertiary/aromatic N) is 1. The van der Waals surface area contributed by atoms with Gasteiger partial charge in [0, 0.05) is 5.92 Å². The molecular formula is C11H15NO3. The van der Waals surface area contributed by atoms with Gasteiger partial charge in [-0.05, 0) is 18.4 Å². The highest BCUT2D eigenvalue weighted by Crippen LogP contribution is 2.59. The van der Waals surface area contributed by atoms with Crippen molar-refractivity contribution < 1.29 is 14.6 Å². The van der Waals surface area contributed by atoms with Gasteiger partial charge in [-0.1, -0.05) is 13.8 Å². The van der Waals surface area contributed by atoms with Crippen LogP contribution in [0, 0.1) is 28.6 Å². The van der Waals surface area contributed by atoms with Crippen LogP contribution in [0.3, 0.4) is 0 Å². The van der Waals surface area contributed by atoms with Crippen molar-refractivity contribution in [3.63, 3.8) is 0 Å². The van der Waals surface area contributed by atoms with Crippen LogP contribution in [0.4, 0.5) is 0 Å². The number of carbonyl (C=O) groups is 1. The predicted octanol–water partition coefficient (Wildman–Crippen LogP) is 1.79. The number of hydrogen-bond donors (Lipinski definition) is 1. The van der Waals surface area contributed by atoms with Crippen LogP contribution in [0.2, 0.25) is 0 Å². The van der Waals surface area contributed by atoms with E-state index in [4.69, 9.17) is 15.1 Å². The van der Waals surface area contributed by atoms with E-state index in [0.717, 1.165) is 0 Å². The summed E-state index contributed by atoms with van der Waals surface area (Å²) in [6, 6.07) is 1.92. The lowest BCUT2D eigenvalue weighted by Gasteiger charge is -2.00. The van der Waals surface area contributed by atoms with Gasteiger partial charge < -0.3 is 9.84 Å². The molecule has 1 saturated carbocycles. The van der Waals surface area contributed by atoms with Crippen LogP contribution in [0.15, 0.2) is 11.8 Å². The molecular weight excluding hydrogens is 194 g/mol. The second-order valence-corrected chi connectivity index (χ2v) is 4.24. The van der Waals surface area contributed by atoms with E-state index in [1.807, 2.05) is 19.9 Å². The SMILES string of the molecule is CCO/C(C#N)=C/[C@@H]1[C@@H](C(=O)O)C1(C)C. The number of allylic oxidation sites excluding steroid dienone is 2. The van der Waals surface area contributed by atoms with Crippen molar-refractivity contribution in [2.24, 2.45) is 17.3 Å². The minimum Gasteiger partial charge on any atom is -0.484 e. The highest BCUT2D eigenvalue weighted by Gasteiger charge is 2.61. The smallest absolute Gasteiger partial charge is 0.307 e. The highest BCUT2D eigenvalue weighted by atomic mass is 16.5. The molecule has 0 amide bonds. The lowest BCUT2D eigenvalue weighted by atomic mass is 10.1. The van der Waals surface area contributed by atoms with Gasteiger partial charge in [-0.15, -0.1) is 0 Å². The lowest BCUT2D eigenvalue weighted by molar-refractivity contribution is -0.139. The molecule has 0 saturated heterocycles.